The van der Waals surface area contributed by atoms with Gasteiger partial charge in [0.25, 0.3) is 0 Å². The van der Waals surface area contributed by atoms with Gasteiger partial charge in [0.05, 0.1) is 30.8 Å². The number of fused-ring (bicyclic) bond motifs is 1. The molecule has 1 aromatic carbocycles. The number of carboxylic acid groups (broad SMARTS) is 1. The first-order valence-corrected chi connectivity index (χ1v) is 13.7. The van der Waals surface area contributed by atoms with Crippen molar-refractivity contribution >= 4 is 17.1 Å². The number of likely N-dealkylation sites (tertiary alicyclic amines) is 1. The molecule has 6 rings (SSSR count). The number of rotatable bonds is 9. The minimum absolute atomic E-state index is 0.00119. The molecule has 1 atom stereocenters. The van der Waals surface area contributed by atoms with E-state index in [1.165, 1.54) is 12.1 Å². The number of nitriles is 1. The van der Waals surface area contributed by atoms with Gasteiger partial charge in [0.2, 0.25) is 5.88 Å². The van der Waals surface area contributed by atoms with Crippen LogP contribution in [-0.2, 0) is 24.4 Å². The van der Waals surface area contributed by atoms with Crippen LogP contribution in [0.2, 0.25) is 0 Å². The minimum Gasteiger partial charge on any atom is -0.477 e. The van der Waals surface area contributed by atoms with Gasteiger partial charge in [0.15, 0.2) is 11.3 Å². The lowest BCUT2D eigenvalue weighted by molar-refractivity contribution is -0.0593. The number of ether oxygens (including phenoxy) is 2. The zero-order valence-electron chi connectivity index (χ0n) is 22.4. The number of halogens is 1. The molecule has 0 spiro atoms. The lowest BCUT2D eigenvalue weighted by Crippen LogP contribution is -2.35. The van der Waals surface area contributed by atoms with Crippen molar-refractivity contribution in [1.82, 2.24) is 24.4 Å². The first-order valence-electron chi connectivity index (χ1n) is 13.7. The Morgan fingerprint density at radius 3 is 2.66 bits per heavy atom. The average molecular weight is 557 g/mol. The van der Waals surface area contributed by atoms with Crippen LogP contribution in [0.4, 0.5) is 4.39 Å². The summed E-state index contributed by atoms with van der Waals surface area (Å²) < 4.78 is 27.7. The molecule has 3 aromatic heterocycles. The maximum atomic E-state index is 14.2. The highest BCUT2D eigenvalue weighted by atomic mass is 19.1. The van der Waals surface area contributed by atoms with Crippen molar-refractivity contribution < 1.29 is 23.8 Å². The number of pyridine rings is 2. The summed E-state index contributed by atoms with van der Waals surface area (Å²) in [5.41, 5.74) is 2.84. The number of hydrogen-bond donors (Lipinski definition) is 1. The zero-order valence-corrected chi connectivity index (χ0v) is 22.4. The maximum Gasteiger partial charge on any atom is 0.354 e. The third-order valence-corrected chi connectivity index (χ3v) is 7.74. The predicted molar refractivity (Wildman–Crippen MR) is 146 cm³/mol. The van der Waals surface area contributed by atoms with Crippen molar-refractivity contribution in [2.75, 3.05) is 19.7 Å². The van der Waals surface area contributed by atoms with E-state index < -0.39 is 11.8 Å². The molecule has 2 saturated heterocycles. The van der Waals surface area contributed by atoms with Gasteiger partial charge >= 0.3 is 5.97 Å². The van der Waals surface area contributed by atoms with E-state index >= 15 is 0 Å². The SMILES string of the molecule is N#Cc1ccc(COc2cccc(C3CCN(Cc4nc5ccc(C(=O)O)nc5n4CC4CCO4)CC3)n2)c(F)c1. The van der Waals surface area contributed by atoms with E-state index in [1.807, 2.05) is 22.8 Å². The van der Waals surface area contributed by atoms with E-state index in [-0.39, 0.29) is 29.9 Å². The van der Waals surface area contributed by atoms with Gasteiger partial charge in [-0.1, -0.05) is 12.1 Å². The highest BCUT2D eigenvalue weighted by Gasteiger charge is 2.26. The number of hydrogen-bond acceptors (Lipinski definition) is 8. The third-order valence-electron chi connectivity index (χ3n) is 7.74. The molecule has 4 aromatic rings. The Kier molecular flexibility index (Phi) is 7.59. The summed E-state index contributed by atoms with van der Waals surface area (Å²) >= 11 is 0. The van der Waals surface area contributed by atoms with Crippen molar-refractivity contribution in [2.24, 2.45) is 0 Å². The summed E-state index contributed by atoms with van der Waals surface area (Å²) in [5.74, 6) is 0.0249. The van der Waals surface area contributed by atoms with Gasteiger partial charge in [-0.25, -0.2) is 24.1 Å². The van der Waals surface area contributed by atoms with E-state index in [4.69, 9.17) is 24.7 Å². The second-order valence-corrected chi connectivity index (χ2v) is 10.4. The molecule has 0 radical (unpaired) electrons. The number of nitrogens with zero attached hydrogens (tertiary/aromatic N) is 6. The maximum absolute atomic E-state index is 14.2. The zero-order chi connectivity index (χ0) is 28.3. The van der Waals surface area contributed by atoms with Crippen molar-refractivity contribution in [3.8, 4) is 11.9 Å². The van der Waals surface area contributed by atoms with E-state index in [9.17, 15) is 14.3 Å². The number of aromatic nitrogens is 4. The van der Waals surface area contributed by atoms with Crippen LogP contribution >= 0.6 is 0 Å². The molecule has 10 nitrogen and oxygen atoms in total. The number of carbonyl (C=O) groups is 1. The Balaban J connectivity index is 1.10. The van der Waals surface area contributed by atoms with Crippen molar-refractivity contribution in [3.63, 3.8) is 0 Å². The predicted octanol–water partition coefficient (Wildman–Crippen LogP) is 4.28. The summed E-state index contributed by atoms with van der Waals surface area (Å²) in [4.78, 5) is 27.7. The lowest BCUT2D eigenvalue weighted by atomic mass is 9.93. The average Bonchev–Trinajstić information content (AvgIpc) is 3.30. The highest BCUT2D eigenvalue weighted by Crippen LogP contribution is 2.29. The van der Waals surface area contributed by atoms with Gasteiger partial charge in [0.1, 0.15) is 23.8 Å². The highest BCUT2D eigenvalue weighted by molar-refractivity contribution is 5.88. The molecule has 2 fully saturated rings. The fourth-order valence-electron chi connectivity index (χ4n) is 5.32. The standard InChI is InChI=1S/C30H29FN6O4/c31-23-14-19(15-32)4-5-21(23)18-41-28-3-1-2-24(34-28)20-8-11-36(12-9-20)17-27-33-25-6-7-26(30(38)39)35-29(25)37(27)16-22-10-13-40-22/h1-7,14,20,22H,8-13,16-18H2,(H,38,39). The lowest BCUT2D eigenvalue weighted by Gasteiger charge is -2.32. The molecule has 2 aliphatic rings. The molecule has 0 aliphatic carbocycles. The summed E-state index contributed by atoms with van der Waals surface area (Å²) in [6.45, 7) is 3.70. The minimum atomic E-state index is -1.06. The Labute approximate surface area is 236 Å². The number of carboxylic acids is 1. The number of imidazole rings is 1. The van der Waals surface area contributed by atoms with Crippen LogP contribution in [0.25, 0.3) is 11.2 Å². The van der Waals surface area contributed by atoms with Gasteiger partial charge in [0, 0.05) is 29.8 Å². The summed E-state index contributed by atoms with van der Waals surface area (Å²) in [5, 5.41) is 18.4. The smallest absolute Gasteiger partial charge is 0.354 e. The largest absolute Gasteiger partial charge is 0.477 e. The molecule has 0 saturated carbocycles. The molecule has 0 bridgehead atoms. The third kappa shape index (κ3) is 5.89. The summed E-state index contributed by atoms with van der Waals surface area (Å²) in [6.07, 6.45) is 2.87. The van der Waals surface area contributed by atoms with Gasteiger partial charge in [-0.2, -0.15) is 5.26 Å². The molecule has 2 aliphatic heterocycles. The van der Waals surface area contributed by atoms with Crippen LogP contribution < -0.4 is 4.74 Å². The first-order chi connectivity index (χ1) is 20.0. The molecule has 1 N–H and O–H groups in total. The Bertz CT molecular complexity index is 1620. The van der Waals surface area contributed by atoms with E-state index in [0.717, 1.165) is 50.5 Å². The van der Waals surface area contributed by atoms with Crippen LogP contribution in [-0.4, -0.2) is 61.3 Å². The van der Waals surface area contributed by atoms with Gasteiger partial charge in [-0.05, 0) is 62.7 Å². The molecule has 0 amide bonds. The summed E-state index contributed by atoms with van der Waals surface area (Å²) in [7, 11) is 0. The molecule has 210 valence electrons. The fourth-order valence-corrected chi connectivity index (χ4v) is 5.32. The fraction of sp³-hybridized carbons (Fsp3) is 0.367. The molecule has 41 heavy (non-hydrogen) atoms. The molecule has 5 heterocycles. The number of aromatic carboxylic acids is 1. The van der Waals surface area contributed by atoms with Gasteiger partial charge in [-0.15, -0.1) is 0 Å². The van der Waals surface area contributed by atoms with Crippen molar-refractivity contribution in [3.05, 3.63) is 82.7 Å². The summed E-state index contributed by atoms with van der Waals surface area (Å²) in [6, 6.07) is 15.1. The Hall–Kier alpha value is -4.40. The van der Waals surface area contributed by atoms with Crippen LogP contribution in [0, 0.1) is 17.1 Å². The molecule has 11 heteroatoms. The van der Waals surface area contributed by atoms with Crippen LogP contribution in [0.5, 0.6) is 5.88 Å². The van der Waals surface area contributed by atoms with Gasteiger partial charge < -0.3 is 19.1 Å². The number of piperidine rings is 1. The van der Waals surface area contributed by atoms with Crippen LogP contribution in [0.1, 0.15) is 58.3 Å². The Morgan fingerprint density at radius 2 is 1.95 bits per heavy atom. The normalized spacial score (nSPS) is 17.7. The molecule has 1 unspecified atom stereocenters. The molecular weight excluding hydrogens is 527 g/mol. The quantitative estimate of drug-likeness (QED) is 0.321. The van der Waals surface area contributed by atoms with Gasteiger partial charge in [-0.3, -0.25) is 4.90 Å². The monoisotopic (exact) mass is 556 g/mol. The first kappa shape index (κ1) is 26.8. The second kappa shape index (κ2) is 11.6. The Morgan fingerprint density at radius 1 is 1.12 bits per heavy atom. The van der Waals surface area contributed by atoms with E-state index in [1.54, 1.807) is 24.3 Å². The topological polar surface area (TPSA) is 126 Å². The number of benzene rings is 1. The molecular formula is C30H29FN6O4. The second-order valence-electron chi connectivity index (χ2n) is 10.4. The van der Waals surface area contributed by atoms with E-state index in [0.29, 0.717) is 35.7 Å². The van der Waals surface area contributed by atoms with E-state index in [2.05, 4.69) is 9.88 Å². The van der Waals surface area contributed by atoms with Crippen LogP contribution in [0.3, 0.4) is 0 Å². The van der Waals surface area contributed by atoms with Crippen molar-refractivity contribution in [1.29, 1.82) is 5.26 Å². The van der Waals surface area contributed by atoms with Crippen molar-refractivity contribution in [2.45, 2.75) is 51.0 Å². The van der Waals surface area contributed by atoms with Crippen LogP contribution in [0.15, 0.2) is 48.5 Å².